The van der Waals surface area contributed by atoms with Crippen LogP contribution >= 0.6 is 11.3 Å². The predicted molar refractivity (Wildman–Crippen MR) is 78.8 cm³/mol. The van der Waals surface area contributed by atoms with Gasteiger partial charge < -0.3 is 5.32 Å². The molecule has 2 unspecified atom stereocenters. The fraction of sp³-hybridized carbons (Fsp3) is 0.733. The molecule has 1 heterocycles. The van der Waals surface area contributed by atoms with Gasteiger partial charge in [0, 0.05) is 10.9 Å². The van der Waals surface area contributed by atoms with Gasteiger partial charge in [-0.1, -0.05) is 40.5 Å². The Morgan fingerprint density at radius 3 is 2.65 bits per heavy atom. The second kappa shape index (κ2) is 7.88. The molecule has 0 saturated heterocycles. The highest BCUT2D eigenvalue weighted by molar-refractivity contribution is 7.10. The summed E-state index contributed by atoms with van der Waals surface area (Å²) in [6.45, 7) is 10.2. The van der Waals surface area contributed by atoms with Gasteiger partial charge in [0.1, 0.15) is 0 Å². The van der Waals surface area contributed by atoms with Crippen molar-refractivity contribution in [2.45, 2.75) is 59.4 Å². The topological polar surface area (TPSA) is 12.0 Å². The van der Waals surface area contributed by atoms with Crippen molar-refractivity contribution in [3.05, 3.63) is 21.9 Å². The van der Waals surface area contributed by atoms with Crippen LogP contribution in [0.25, 0.3) is 0 Å². The minimum Gasteiger partial charge on any atom is -0.310 e. The molecule has 0 aliphatic heterocycles. The molecule has 0 aliphatic carbocycles. The molecule has 0 fully saturated rings. The Morgan fingerprint density at radius 1 is 1.29 bits per heavy atom. The van der Waals surface area contributed by atoms with Crippen LogP contribution in [0.15, 0.2) is 11.4 Å². The minimum absolute atomic E-state index is 0.566. The Bertz CT molecular complexity index is 306. The lowest BCUT2D eigenvalue weighted by Gasteiger charge is -2.22. The average Bonchev–Trinajstić information content (AvgIpc) is 2.76. The summed E-state index contributed by atoms with van der Waals surface area (Å²) in [5, 5.41) is 5.90. The highest BCUT2D eigenvalue weighted by Crippen LogP contribution is 2.30. The Hall–Kier alpha value is -0.340. The highest BCUT2D eigenvalue weighted by Gasteiger charge is 2.17. The molecule has 2 atom stereocenters. The molecule has 0 aromatic carbocycles. The van der Waals surface area contributed by atoms with Crippen molar-refractivity contribution in [3.8, 4) is 0 Å². The number of hydrogen-bond donors (Lipinski definition) is 1. The number of rotatable bonds is 8. The summed E-state index contributed by atoms with van der Waals surface area (Å²) in [5.41, 5.74) is 1.53. The molecule has 2 heteroatoms. The summed E-state index contributed by atoms with van der Waals surface area (Å²) in [7, 11) is 0. The molecule has 0 radical (unpaired) electrons. The first kappa shape index (κ1) is 14.7. The minimum atomic E-state index is 0.566. The molecule has 0 saturated carbocycles. The van der Waals surface area contributed by atoms with E-state index in [1.807, 2.05) is 11.3 Å². The number of aryl methyl sites for hydroxylation is 1. The van der Waals surface area contributed by atoms with Gasteiger partial charge in [0.2, 0.25) is 0 Å². The van der Waals surface area contributed by atoms with Crippen LogP contribution in [-0.4, -0.2) is 6.54 Å². The van der Waals surface area contributed by atoms with Gasteiger partial charge in [0.05, 0.1) is 0 Å². The normalized spacial score (nSPS) is 14.8. The molecule has 0 amide bonds. The van der Waals surface area contributed by atoms with Crippen LogP contribution in [-0.2, 0) is 6.42 Å². The van der Waals surface area contributed by atoms with Crippen molar-refractivity contribution in [3.63, 3.8) is 0 Å². The van der Waals surface area contributed by atoms with E-state index < -0.39 is 0 Å². The van der Waals surface area contributed by atoms with Crippen LogP contribution in [0, 0.1) is 5.92 Å². The van der Waals surface area contributed by atoms with Crippen molar-refractivity contribution >= 4 is 11.3 Å². The smallest absolute Gasteiger partial charge is 0.0420 e. The van der Waals surface area contributed by atoms with E-state index in [2.05, 4.69) is 44.5 Å². The number of nitrogens with one attached hydrogen (secondary N) is 1. The zero-order valence-corrected chi connectivity index (χ0v) is 12.6. The summed E-state index contributed by atoms with van der Waals surface area (Å²) in [5.74, 6) is 0.816. The highest BCUT2D eigenvalue weighted by atomic mass is 32.1. The van der Waals surface area contributed by atoms with Gasteiger partial charge in [-0.15, -0.1) is 11.3 Å². The molecule has 1 aromatic rings. The van der Waals surface area contributed by atoms with E-state index in [1.165, 1.54) is 24.8 Å². The van der Waals surface area contributed by atoms with Gasteiger partial charge >= 0.3 is 0 Å². The Morgan fingerprint density at radius 2 is 2.06 bits per heavy atom. The predicted octanol–water partition coefficient (Wildman–Crippen LogP) is 4.79. The van der Waals surface area contributed by atoms with E-state index in [0.717, 1.165) is 18.9 Å². The molecule has 1 N–H and O–H groups in total. The number of thiophene rings is 1. The van der Waals surface area contributed by atoms with Gasteiger partial charge in [-0.2, -0.15) is 0 Å². The maximum Gasteiger partial charge on any atom is 0.0420 e. The van der Waals surface area contributed by atoms with E-state index in [1.54, 1.807) is 4.88 Å². The lowest BCUT2D eigenvalue weighted by molar-refractivity contribution is 0.398. The number of hydrogen-bond acceptors (Lipinski definition) is 2. The van der Waals surface area contributed by atoms with Crippen LogP contribution < -0.4 is 5.32 Å². The van der Waals surface area contributed by atoms with Crippen molar-refractivity contribution in [2.24, 2.45) is 5.92 Å². The van der Waals surface area contributed by atoms with Crippen molar-refractivity contribution in [1.82, 2.24) is 5.32 Å². The van der Waals surface area contributed by atoms with E-state index in [9.17, 15) is 0 Å². The first-order chi connectivity index (χ1) is 8.22. The molecule has 0 bridgehead atoms. The third kappa shape index (κ3) is 4.44. The lowest BCUT2D eigenvalue weighted by atomic mass is 9.95. The van der Waals surface area contributed by atoms with Crippen LogP contribution in [0.1, 0.15) is 63.4 Å². The Labute approximate surface area is 111 Å². The second-order valence-electron chi connectivity index (χ2n) is 4.90. The molecule has 0 spiro atoms. The SMILES string of the molecule is CCCC(C)CC(NCC)c1sccc1CC. The van der Waals surface area contributed by atoms with E-state index in [-0.39, 0.29) is 0 Å². The fourth-order valence-corrected chi connectivity index (χ4v) is 3.57. The summed E-state index contributed by atoms with van der Waals surface area (Å²) in [6.07, 6.45) is 5.07. The van der Waals surface area contributed by atoms with Crippen LogP contribution in [0.5, 0.6) is 0 Å². The standard InChI is InChI=1S/C15H27NS/c1-5-8-12(4)11-14(16-7-3)15-13(6-2)9-10-17-15/h9-10,12,14,16H,5-8,11H2,1-4H3. The molecular weight excluding hydrogens is 226 g/mol. The van der Waals surface area contributed by atoms with Gasteiger partial charge in [0.15, 0.2) is 0 Å². The summed E-state index contributed by atoms with van der Waals surface area (Å²) >= 11 is 1.92. The third-order valence-electron chi connectivity index (χ3n) is 3.35. The second-order valence-corrected chi connectivity index (χ2v) is 5.85. The van der Waals surface area contributed by atoms with Crippen LogP contribution in [0.2, 0.25) is 0 Å². The van der Waals surface area contributed by atoms with Crippen LogP contribution in [0.4, 0.5) is 0 Å². The molecule has 17 heavy (non-hydrogen) atoms. The van der Waals surface area contributed by atoms with Crippen molar-refractivity contribution in [2.75, 3.05) is 6.54 Å². The van der Waals surface area contributed by atoms with Gasteiger partial charge in [-0.05, 0) is 42.3 Å². The molecular formula is C15H27NS. The van der Waals surface area contributed by atoms with Gasteiger partial charge in [-0.3, -0.25) is 0 Å². The first-order valence-corrected chi connectivity index (χ1v) is 7.90. The summed E-state index contributed by atoms with van der Waals surface area (Å²) in [4.78, 5) is 1.57. The third-order valence-corrected chi connectivity index (χ3v) is 4.42. The maximum absolute atomic E-state index is 3.66. The van der Waals surface area contributed by atoms with E-state index in [4.69, 9.17) is 0 Å². The summed E-state index contributed by atoms with van der Waals surface area (Å²) in [6, 6.07) is 2.85. The van der Waals surface area contributed by atoms with Gasteiger partial charge in [-0.25, -0.2) is 0 Å². The lowest BCUT2D eigenvalue weighted by Crippen LogP contribution is -2.23. The molecule has 1 nitrogen and oxygen atoms in total. The quantitative estimate of drug-likeness (QED) is 0.702. The molecule has 0 aliphatic rings. The Kier molecular flexibility index (Phi) is 6.83. The fourth-order valence-electron chi connectivity index (χ4n) is 2.49. The monoisotopic (exact) mass is 253 g/mol. The maximum atomic E-state index is 3.66. The van der Waals surface area contributed by atoms with Crippen molar-refractivity contribution in [1.29, 1.82) is 0 Å². The zero-order valence-electron chi connectivity index (χ0n) is 11.8. The van der Waals surface area contributed by atoms with Crippen LogP contribution in [0.3, 0.4) is 0 Å². The average molecular weight is 253 g/mol. The molecule has 98 valence electrons. The molecule has 1 rings (SSSR count). The van der Waals surface area contributed by atoms with E-state index in [0.29, 0.717) is 6.04 Å². The first-order valence-electron chi connectivity index (χ1n) is 7.02. The summed E-state index contributed by atoms with van der Waals surface area (Å²) < 4.78 is 0. The largest absolute Gasteiger partial charge is 0.310 e. The molecule has 1 aromatic heterocycles. The van der Waals surface area contributed by atoms with Gasteiger partial charge in [0.25, 0.3) is 0 Å². The van der Waals surface area contributed by atoms with Crippen molar-refractivity contribution < 1.29 is 0 Å². The zero-order chi connectivity index (χ0) is 12.7. The Balaban J connectivity index is 2.71. The van der Waals surface area contributed by atoms with E-state index >= 15 is 0 Å².